The van der Waals surface area contributed by atoms with Gasteiger partial charge in [0.1, 0.15) is 5.82 Å². The first kappa shape index (κ1) is 19.3. The number of aliphatic imine (C=N–C) groups is 1. The fourth-order valence-electron chi connectivity index (χ4n) is 2.65. The maximum Gasteiger partial charge on any atom is 0.191 e. The molecule has 0 radical (unpaired) electrons. The van der Waals surface area contributed by atoms with E-state index >= 15 is 0 Å². The molecule has 0 aliphatic rings. The van der Waals surface area contributed by atoms with Crippen LogP contribution < -0.4 is 10.6 Å². The van der Waals surface area contributed by atoms with Crippen LogP contribution in [0, 0.1) is 6.92 Å². The Kier molecular flexibility index (Phi) is 7.79. The quantitative estimate of drug-likeness (QED) is 0.425. The third kappa shape index (κ3) is 6.09. The molecule has 2 aromatic rings. The van der Waals surface area contributed by atoms with E-state index in [-0.39, 0.29) is 6.04 Å². The highest BCUT2D eigenvalue weighted by atomic mass is 35.5. The zero-order valence-corrected chi connectivity index (χ0v) is 16.1. The minimum atomic E-state index is 0.0973. The molecular formula is C19H28ClN5. The van der Waals surface area contributed by atoms with Crippen molar-refractivity contribution in [2.45, 2.75) is 46.2 Å². The third-order valence-corrected chi connectivity index (χ3v) is 4.41. The first-order valence-corrected chi connectivity index (χ1v) is 9.26. The zero-order valence-electron chi connectivity index (χ0n) is 15.3. The van der Waals surface area contributed by atoms with Crippen molar-refractivity contribution in [1.29, 1.82) is 0 Å². The number of hydrogen-bond acceptors (Lipinski definition) is 2. The van der Waals surface area contributed by atoms with Crippen molar-refractivity contribution in [3.05, 3.63) is 53.1 Å². The number of unbranched alkanes of at least 4 members (excludes halogenated alkanes) is 1. The minimum Gasteiger partial charge on any atom is -0.357 e. The average Bonchev–Trinajstić information content (AvgIpc) is 3.00. The predicted molar refractivity (Wildman–Crippen MR) is 105 cm³/mol. The van der Waals surface area contributed by atoms with Gasteiger partial charge in [0.25, 0.3) is 0 Å². The number of guanidine groups is 1. The predicted octanol–water partition coefficient (Wildman–Crippen LogP) is 3.94. The van der Waals surface area contributed by atoms with Crippen molar-refractivity contribution in [2.75, 3.05) is 13.1 Å². The van der Waals surface area contributed by atoms with Crippen molar-refractivity contribution in [2.24, 2.45) is 4.99 Å². The summed E-state index contributed by atoms with van der Waals surface area (Å²) in [5.74, 6) is 1.89. The Labute approximate surface area is 155 Å². The summed E-state index contributed by atoms with van der Waals surface area (Å²) < 4.78 is 2.17. The van der Waals surface area contributed by atoms with Crippen LogP contribution in [0.15, 0.2) is 41.7 Å². The molecule has 1 unspecified atom stereocenters. The second-order valence-corrected chi connectivity index (χ2v) is 6.43. The molecule has 1 aromatic heterocycles. The van der Waals surface area contributed by atoms with E-state index in [0.717, 1.165) is 54.8 Å². The number of rotatable bonds is 8. The molecule has 6 heteroatoms. The molecule has 0 aliphatic heterocycles. The molecule has 136 valence electrons. The van der Waals surface area contributed by atoms with Crippen LogP contribution in [0.4, 0.5) is 0 Å². The number of nitrogens with one attached hydrogen (secondary N) is 2. The Morgan fingerprint density at radius 1 is 1.32 bits per heavy atom. The molecule has 0 bridgehead atoms. The van der Waals surface area contributed by atoms with Crippen LogP contribution in [0.1, 0.15) is 44.1 Å². The molecule has 2 rings (SSSR count). The second-order valence-electron chi connectivity index (χ2n) is 6.02. The summed E-state index contributed by atoms with van der Waals surface area (Å²) in [6, 6.07) is 8.00. The van der Waals surface area contributed by atoms with E-state index < -0.39 is 0 Å². The third-order valence-electron chi connectivity index (χ3n) is 4.07. The van der Waals surface area contributed by atoms with Gasteiger partial charge in [-0.15, -0.1) is 0 Å². The van der Waals surface area contributed by atoms with Crippen molar-refractivity contribution in [1.82, 2.24) is 20.2 Å². The van der Waals surface area contributed by atoms with Gasteiger partial charge in [-0.3, -0.25) is 4.99 Å². The van der Waals surface area contributed by atoms with Gasteiger partial charge in [-0.25, -0.2) is 4.98 Å². The van der Waals surface area contributed by atoms with E-state index in [1.165, 1.54) is 0 Å². The molecular weight excluding hydrogens is 334 g/mol. The molecule has 1 atom stereocenters. The van der Waals surface area contributed by atoms with Gasteiger partial charge >= 0.3 is 0 Å². The number of aryl methyl sites for hydroxylation is 2. The Balaban J connectivity index is 1.83. The van der Waals surface area contributed by atoms with Gasteiger partial charge in [0.05, 0.1) is 6.04 Å². The first-order chi connectivity index (χ1) is 12.1. The molecule has 0 saturated heterocycles. The highest BCUT2D eigenvalue weighted by Gasteiger charge is 2.10. The monoisotopic (exact) mass is 361 g/mol. The van der Waals surface area contributed by atoms with E-state index in [0.29, 0.717) is 0 Å². The summed E-state index contributed by atoms with van der Waals surface area (Å²) in [6.45, 7) is 8.80. The van der Waals surface area contributed by atoms with Gasteiger partial charge in [-0.1, -0.05) is 29.8 Å². The number of nitrogens with zero attached hydrogens (tertiary/aromatic N) is 3. The minimum absolute atomic E-state index is 0.0973. The van der Waals surface area contributed by atoms with Crippen LogP contribution in [0.25, 0.3) is 0 Å². The van der Waals surface area contributed by atoms with E-state index in [1.54, 1.807) is 0 Å². The molecule has 0 fully saturated rings. The normalized spacial score (nSPS) is 12.9. The maximum atomic E-state index is 6.28. The van der Waals surface area contributed by atoms with E-state index in [2.05, 4.69) is 39.0 Å². The van der Waals surface area contributed by atoms with Crippen LogP contribution >= 0.6 is 11.6 Å². The summed E-state index contributed by atoms with van der Waals surface area (Å²) in [6.07, 6.45) is 5.99. The van der Waals surface area contributed by atoms with Gasteiger partial charge < -0.3 is 15.2 Å². The largest absolute Gasteiger partial charge is 0.357 e. The lowest BCUT2D eigenvalue weighted by Crippen LogP contribution is -2.38. The summed E-state index contributed by atoms with van der Waals surface area (Å²) >= 11 is 6.28. The Bertz CT molecular complexity index is 680. The van der Waals surface area contributed by atoms with Gasteiger partial charge in [-0.2, -0.15) is 0 Å². The lowest BCUT2D eigenvalue weighted by Gasteiger charge is -2.19. The average molecular weight is 362 g/mol. The Hall–Kier alpha value is -2.01. The maximum absolute atomic E-state index is 6.28. The second kappa shape index (κ2) is 10.1. The highest BCUT2D eigenvalue weighted by molar-refractivity contribution is 6.31. The number of aromatic nitrogens is 2. The van der Waals surface area contributed by atoms with Gasteiger partial charge in [0.15, 0.2) is 5.96 Å². The van der Waals surface area contributed by atoms with Gasteiger partial charge in [0.2, 0.25) is 0 Å². The molecule has 0 amide bonds. The topological polar surface area (TPSA) is 54.2 Å². The molecule has 5 nitrogen and oxygen atoms in total. The zero-order chi connectivity index (χ0) is 18.1. The summed E-state index contributed by atoms with van der Waals surface area (Å²) in [7, 11) is 0. The smallest absolute Gasteiger partial charge is 0.191 e. The fourth-order valence-corrected chi connectivity index (χ4v) is 2.95. The lowest BCUT2D eigenvalue weighted by atomic mass is 10.1. The number of imidazole rings is 1. The molecule has 2 N–H and O–H groups in total. The van der Waals surface area contributed by atoms with Crippen LogP contribution in [-0.2, 0) is 6.54 Å². The molecule has 25 heavy (non-hydrogen) atoms. The van der Waals surface area contributed by atoms with Crippen LogP contribution in [0.2, 0.25) is 5.02 Å². The molecule has 0 aliphatic carbocycles. The van der Waals surface area contributed by atoms with E-state index in [4.69, 9.17) is 11.6 Å². The van der Waals surface area contributed by atoms with Crippen molar-refractivity contribution in [3.8, 4) is 0 Å². The Morgan fingerprint density at radius 3 is 2.80 bits per heavy atom. The lowest BCUT2D eigenvalue weighted by molar-refractivity contribution is 0.599. The van der Waals surface area contributed by atoms with E-state index in [9.17, 15) is 0 Å². The van der Waals surface area contributed by atoms with Crippen LogP contribution in [0.3, 0.4) is 0 Å². The van der Waals surface area contributed by atoms with Crippen molar-refractivity contribution in [3.63, 3.8) is 0 Å². The van der Waals surface area contributed by atoms with Crippen LogP contribution in [-0.4, -0.2) is 28.6 Å². The number of benzene rings is 1. The molecule has 1 heterocycles. The number of hydrogen-bond donors (Lipinski definition) is 2. The highest BCUT2D eigenvalue weighted by Crippen LogP contribution is 2.21. The first-order valence-electron chi connectivity index (χ1n) is 8.88. The van der Waals surface area contributed by atoms with Crippen molar-refractivity contribution >= 4 is 17.6 Å². The van der Waals surface area contributed by atoms with Gasteiger partial charge in [-0.05, 0) is 45.2 Å². The summed E-state index contributed by atoms with van der Waals surface area (Å²) in [5, 5.41) is 7.50. The number of halogens is 1. The Morgan fingerprint density at radius 2 is 2.12 bits per heavy atom. The molecule has 1 aromatic carbocycles. The van der Waals surface area contributed by atoms with Gasteiger partial charge in [0, 0.05) is 37.1 Å². The summed E-state index contributed by atoms with van der Waals surface area (Å²) in [4.78, 5) is 8.92. The fraction of sp³-hybridized carbons (Fsp3) is 0.474. The molecule has 0 saturated carbocycles. The standard InChI is InChI=1S/C19H28ClN5/c1-4-21-19(24-15(2)17-9-5-6-10-18(17)20)23-11-7-8-13-25-14-12-22-16(25)3/h5-6,9-10,12,14-15H,4,7-8,11,13H2,1-3H3,(H2,21,23,24). The van der Waals surface area contributed by atoms with Crippen LogP contribution in [0.5, 0.6) is 0 Å². The van der Waals surface area contributed by atoms with Crippen molar-refractivity contribution < 1.29 is 0 Å². The SMILES string of the molecule is CCNC(=NCCCCn1ccnc1C)NC(C)c1ccccc1Cl. The van der Waals surface area contributed by atoms with E-state index in [1.807, 2.05) is 43.6 Å². The molecule has 0 spiro atoms. The summed E-state index contributed by atoms with van der Waals surface area (Å²) in [5.41, 5.74) is 1.07.